The Kier molecular flexibility index (Phi) is 5.85. The number of anilines is 2. The highest BCUT2D eigenvalue weighted by atomic mass is 15.0. The van der Waals surface area contributed by atoms with Gasteiger partial charge in [-0.1, -0.05) is 51.5 Å². The molecule has 2 saturated carbocycles. The fourth-order valence-corrected chi connectivity index (χ4v) is 4.34. The number of rotatable bonds is 5. The van der Waals surface area contributed by atoms with E-state index in [9.17, 15) is 0 Å². The van der Waals surface area contributed by atoms with Crippen molar-refractivity contribution < 1.29 is 0 Å². The second kappa shape index (κ2) is 8.08. The molecule has 0 atom stereocenters. The number of nitrogens with one attached hydrogen (secondary N) is 2. The van der Waals surface area contributed by atoms with E-state index in [4.69, 9.17) is 0 Å². The lowest BCUT2D eigenvalue weighted by molar-refractivity contribution is 0.461. The van der Waals surface area contributed by atoms with E-state index in [1.807, 2.05) is 0 Å². The highest BCUT2D eigenvalue weighted by Crippen LogP contribution is 2.33. The maximum absolute atomic E-state index is 3.91. The summed E-state index contributed by atoms with van der Waals surface area (Å²) in [4.78, 5) is 0. The predicted octanol–water partition coefficient (Wildman–Crippen LogP) is 6.05. The first-order chi connectivity index (χ1) is 11.3. The minimum atomic E-state index is 0.678. The van der Waals surface area contributed by atoms with Gasteiger partial charge in [-0.05, 0) is 56.2 Å². The maximum atomic E-state index is 3.91. The molecular weight excluding hydrogens is 280 g/mol. The van der Waals surface area contributed by atoms with Crippen molar-refractivity contribution in [3.63, 3.8) is 0 Å². The lowest BCUT2D eigenvalue weighted by Crippen LogP contribution is -2.25. The topological polar surface area (TPSA) is 24.1 Å². The highest BCUT2D eigenvalue weighted by Gasteiger charge is 2.18. The van der Waals surface area contributed by atoms with E-state index in [1.54, 1.807) is 0 Å². The summed E-state index contributed by atoms with van der Waals surface area (Å²) in [6.07, 6.45) is 14.8. The average Bonchev–Trinajstić information content (AvgIpc) is 2.60. The van der Waals surface area contributed by atoms with Crippen molar-refractivity contribution in [2.24, 2.45) is 0 Å². The van der Waals surface area contributed by atoms with Crippen LogP contribution in [-0.2, 0) is 6.42 Å². The molecule has 0 bridgehead atoms. The lowest BCUT2D eigenvalue weighted by Gasteiger charge is -2.29. The number of benzene rings is 1. The summed E-state index contributed by atoms with van der Waals surface area (Å²) in [7, 11) is 0. The lowest BCUT2D eigenvalue weighted by atomic mass is 9.93. The summed E-state index contributed by atoms with van der Waals surface area (Å²) in [6.45, 7) is 4.57. The fourth-order valence-electron chi connectivity index (χ4n) is 4.34. The van der Waals surface area contributed by atoms with Crippen LogP contribution < -0.4 is 10.6 Å². The second-order valence-electron chi connectivity index (χ2n) is 7.58. The molecule has 2 N–H and O–H groups in total. The molecule has 128 valence electrons. The molecule has 2 aliphatic carbocycles. The molecular formula is C21H34N2. The molecule has 3 rings (SSSR count). The van der Waals surface area contributed by atoms with Crippen LogP contribution in [0.5, 0.6) is 0 Å². The molecule has 0 unspecified atom stereocenters. The van der Waals surface area contributed by atoms with Crippen LogP contribution in [0.4, 0.5) is 11.4 Å². The molecule has 23 heavy (non-hydrogen) atoms. The third kappa shape index (κ3) is 4.22. The van der Waals surface area contributed by atoms with Gasteiger partial charge in [0.25, 0.3) is 0 Å². The molecule has 0 aromatic heterocycles. The summed E-state index contributed by atoms with van der Waals surface area (Å²) in [5, 5.41) is 7.74. The zero-order valence-electron chi connectivity index (χ0n) is 15.1. The van der Waals surface area contributed by atoms with E-state index < -0.39 is 0 Å². The molecule has 0 amide bonds. The third-order valence-electron chi connectivity index (χ3n) is 5.85. The number of hydrogen-bond acceptors (Lipinski definition) is 2. The van der Waals surface area contributed by atoms with Crippen LogP contribution in [0.25, 0.3) is 0 Å². The zero-order valence-corrected chi connectivity index (χ0v) is 15.1. The van der Waals surface area contributed by atoms with Gasteiger partial charge in [0.15, 0.2) is 0 Å². The van der Waals surface area contributed by atoms with Gasteiger partial charge < -0.3 is 10.6 Å². The van der Waals surface area contributed by atoms with Crippen LogP contribution in [0.3, 0.4) is 0 Å². The van der Waals surface area contributed by atoms with Gasteiger partial charge >= 0.3 is 0 Å². The fraction of sp³-hybridized carbons (Fsp3) is 0.714. The normalized spacial score (nSPS) is 20.4. The molecule has 0 saturated heterocycles. The minimum absolute atomic E-state index is 0.678. The molecule has 1 aromatic rings. The Morgan fingerprint density at radius 1 is 0.826 bits per heavy atom. The summed E-state index contributed by atoms with van der Waals surface area (Å²) in [5.41, 5.74) is 5.68. The maximum Gasteiger partial charge on any atom is 0.0425 e. The van der Waals surface area contributed by atoms with E-state index in [0.29, 0.717) is 12.1 Å². The van der Waals surface area contributed by atoms with Crippen LogP contribution in [-0.4, -0.2) is 12.1 Å². The zero-order chi connectivity index (χ0) is 16.1. The van der Waals surface area contributed by atoms with Gasteiger partial charge in [0.05, 0.1) is 0 Å². The highest BCUT2D eigenvalue weighted by molar-refractivity contribution is 5.69. The van der Waals surface area contributed by atoms with Crippen LogP contribution in [0.15, 0.2) is 12.1 Å². The van der Waals surface area contributed by atoms with Gasteiger partial charge in [-0.15, -0.1) is 0 Å². The van der Waals surface area contributed by atoms with Crippen molar-refractivity contribution in [1.82, 2.24) is 0 Å². The van der Waals surface area contributed by atoms with Crippen LogP contribution in [0.1, 0.15) is 82.3 Å². The predicted molar refractivity (Wildman–Crippen MR) is 102 cm³/mol. The molecule has 2 fully saturated rings. The Balaban J connectivity index is 1.76. The first kappa shape index (κ1) is 16.7. The molecule has 1 aromatic carbocycles. The van der Waals surface area contributed by atoms with Crippen molar-refractivity contribution in [3.8, 4) is 0 Å². The monoisotopic (exact) mass is 314 g/mol. The van der Waals surface area contributed by atoms with E-state index in [2.05, 4.69) is 36.6 Å². The molecule has 2 nitrogen and oxygen atoms in total. The van der Waals surface area contributed by atoms with Crippen molar-refractivity contribution >= 4 is 11.4 Å². The Morgan fingerprint density at radius 2 is 1.39 bits per heavy atom. The van der Waals surface area contributed by atoms with Crippen molar-refractivity contribution in [2.75, 3.05) is 10.6 Å². The molecule has 0 heterocycles. The van der Waals surface area contributed by atoms with Crippen LogP contribution >= 0.6 is 0 Å². The molecule has 0 aliphatic heterocycles. The SMILES string of the molecule is CCc1ccc(NC2CCCCC2)c(C)c1NC1CCCCC1. The van der Waals surface area contributed by atoms with Crippen LogP contribution in [0, 0.1) is 6.92 Å². The molecule has 0 radical (unpaired) electrons. The smallest absolute Gasteiger partial charge is 0.0425 e. The molecule has 2 aliphatic rings. The van der Waals surface area contributed by atoms with Crippen molar-refractivity contribution in [1.29, 1.82) is 0 Å². The van der Waals surface area contributed by atoms with Gasteiger partial charge in [-0.2, -0.15) is 0 Å². The minimum Gasteiger partial charge on any atom is -0.382 e. The summed E-state index contributed by atoms with van der Waals surface area (Å²) in [5.74, 6) is 0. The van der Waals surface area contributed by atoms with E-state index >= 15 is 0 Å². The van der Waals surface area contributed by atoms with Gasteiger partial charge in [0, 0.05) is 23.5 Å². The van der Waals surface area contributed by atoms with Crippen molar-refractivity contribution in [2.45, 2.75) is 96.6 Å². The largest absolute Gasteiger partial charge is 0.382 e. The average molecular weight is 315 g/mol. The number of aryl methyl sites for hydroxylation is 1. The Hall–Kier alpha value is -1.18. The first-order valence-electron chi connectivity index (χ1n) is 9.93. The number of hydrogen-bond donors (Lipinski definition) is 2. The van der Waals surface area contributed by atoms with Gasteiger partial charge in [0.2, 0.25) is 0 Å². The Labute approximate surface area is 142 Å². The van der Waals surface area contributed by atoms with Gasteiger partial charge in [-0.25, -0.2) is 0 Å². The molecule has 0 spiro atoms. The quantitative estimate of drug-likeness (QED) is 0.691. The summed E-state index contributed by atoms with van der Waals surface area (Å²) < 4.78 is 0. The van der Waals surface area contributed by atoms with Crippen LogP contribution in [0.2, 0.25) is 0 Å². The van der Waals surface area contributed by atoms with E-state index in [0.717, 1.165) is 6.42 Å². The second-order valence-corrected chi connectivity index (χ2v) is 7.58. The van der Waals surface area contributed by atoms with Gasteiger partial charge in [0.1, 0.15) is 0 Å². The Bertz CT molecular complexity index is 497. The first-order valence-corrected chi connectivity index (χ1v) is 9.93. The Morgan fingerprint density at radius 3 is 1.96 bits per heavy atom. The van der Waals surface area contributed by atoms with Gasteiger partial charge in [-0.3, -0.25) is 0 Å². The standard InChI is InChI=1S/C21H34N2/c1-3-17-14-15-20(22-18-10-6-4-7-11-18)16(2)21(17)23-19-12-8-5-9-13-19/h14-15,18-19,22-23H,3-13H2,1-2H3. The van der Waals surface area contributed by atoms with Crippen molar-refractivity contribution in [3.05, 3.63) is 23.3 Å². The summed E-state index contributed by atoms with van der Waals surface area (Å²) >= 11 is 0. The molecule has 2 heteroatoms. The summed E-state index contributed by atoms with van der Waals surface area (Å²) in [6, 6.07) is 6.01. The van der Waals surface area contributed by atoms with E-state index in [-0.39, 0.29) is 0 Å². The van der Waals surface area contributed by atoms with E-state index in [1.165, 1.54) is 86.7 Å². The third-order valence-corrected chi connectivity index (χ3v) is 5.85.